The smallest absolute Gasteiger partial charge is 0.222 e. The molecule has 3 rings (SSSR count). The Bertz CT molecular complexity index is 375. The van der Waals surface area contributed by atoms with E-state index in [0.717, 1.165) is 31.3 Å². The first-order valence-corrected chi connectivity index (χ1v) is 8.52. The molecule has 0 aromatic carbocycles. The van der Waals surface area contributed by atoms with Crippen LogP contribution in [0.25, 0.3) is 0 Å². The molecule has 0 spiro atoms. The Morgan fingerprint density at radius 1 is 1.00 bits per heavy atom. The van der Waals surface area contributed by atoms with Crippen molar-refractivity contribution in [3.8, 4) is 0 Å². The van der Waals surface area contributed by atoms with Crippen LogP contribution in [0.2, 0.25) is 0 Å². The Kier molecular flexibility index (Phi) is 4.42. The van der Waals surface area contributed by atoms with E-state index in [1.165, 1.54) is 38.5 Å². The maximum absolute atomic E-state index is 12.4. The molecule has 1 heterocycles. The van der Waals surface area contributed by atoms with E-state index in [1.54, 1.807) is 0 Å². The summed E-state index contributed by atoms with van der Waals surface area (Å²) in [5.74, 6) is 2.82. The third-order valence-electron chi connectivity index (χ3n) is 5.75. The first kappa shape index (κ1) is 14.1. The Labute approximate surface area is 122 Å². The van der Waals surface area contributed by atoms with Crippen LogP contribution in [-0.4, -0.2) is 29.7 Å². The van der Waals surface area contributed by atoms with Crippen LogP contribution in [0, 0.1) is 17.8 Å². The van der Waals surface area contributed by atoms with Gasteiger partial charge in [0.1, 0.15) is 5.78 Å². The highest BCUT2D eigenvalue weighted by molar-refractivity contribution is 5.83. The third kappa shape index (κ3) is 3.24. The summed E-state index contributed by atoms with van der Waals surface area (Å²) in [6, 6.07) is 0. The van der Waals surface area contributed by atoms with Gasteiger partial charge in [0.05, 0.1) is 0 Å². The molecule has 0 radical (unpaired) electrons. The second-order valence-electron chi connectivity index (χ2n) is 7.11. The van der Waals surface area contributed by atoms with Crippen LogP contribution in [0.15, 0.2) is 0 Å². The number of carbonyl (C=O) groups is 2. The van der Waals surface area contributed by atoms with Gasteiger partial charge in [-0.1, -0.05) is 19.3 Å². The average Bonchev–Trinajstić information content (AvgIpc) is 2.62. The minimum absolute atomic E-state index is 0.305. The van der Waals surface area contributed by atoms with Crippen molar-refractivity contribution in [2.24, 2.45) is 17.8 Å². The largest absolute Gasteiger partial charge is 0.343 e. The summed E-state index contributed by atoms with van der Waals surface area (Å²) in [5, 5.41) is 0. The predicted molar refractivity (Wildman–Crippen MR) is 78.2 cm³/mol. The molecule has 3 aliphatic rings. The lowest BCUT2D eigenvalue weighted by molar-refractivity contribution is -0.132. The summed E-state index contributed by atoms with van der Waals surface area (Å²) >= 11 is 0. The van der Waals surface area contributed by atoms with Crippen LogP contribution in [0.4, 0.5) is 0 Å². The molecule has 3 fully saturated rings. The molecule has 3 heteroatoms. The fraction of sp³-hybridized carbons (Fsp3) is 0.882. The van der Waals surface area contributed by atoms with Crippen LogP contribution >= 0.6 is 0 Å². The zero-order valence-corrected chi connectivity index (χ0v) is 12.5. The van der Waals surface area contributed by atoms with Crippen LogP contribution < -0.4 is 0 Å². The van der Waals surface area contributed by atoms with Gasteiger partial charge in [-0.05, 0) is 43.4 Å². The van der Waals surface area contributed by atoms with Gasteiger partial charge in [-0.25, -0.2) is 0 Å². The van der Waals surface area contributed by atoms with E-state index in [4.69, 9.17) is 0 Å². The van der Waals surface area contributed by atoms with Gasteiger partial charge in [-0.2, -0.15) is 0 Å². The molecule has 0 aromatic heterocycles. The first-order valence-electron chi connectivity index (χ1n) is 8.52. The molecule has 20 heavy (non-hydrogen) atoms. The lowest BCUT2D eigenvalue weighted by Gasteiger charge is -2.33. The molecule has 0 aromatic rings. The first-order chi connectivity index (χ1) is 9.72. The molecule has 1 amide bonds. The molecule has 2 unspecified atom stereocenters. The highest BCUT2D eigenvalue weighted by Gasteiger charge is 2.31. The highest BCUT2D eigenvalue weighted by atomic mass is 16.2. The van der Waals surface area contributed by atoms with Gasteiger partial charge >= 0.3 is 0 Å². The maximum Gasteiger partial charge on any atom is 0.222 e. The topological polar surface area (TPSA) is 37.4 Å². The van der Waals surface area contributed by atoms with E-state index in [1.807, 2.05) is 0 Å². The van der Waals surface area contributed by atoms with Crippen molar-refractivity contribution in [2.75, 3.05) is 13.1 Å². The summed E-state index contributed by atoms with van der Waals surface area (Å²) in [5.41, 5.74) is 0. The van der Waals surface area contributed by atoms with Crippen molar-refractivity contribution in [1.29, 1.82) is 0 Å². The second-order valence-corrected chi connectivity index (χ2v) is 7.11. The molecule has 1 aliphatic heterocycles. The molecule has 3 nitrogen and oxygen atoms in total. The van der Waals surface area contributed by atoms with Crippen LogP contribution in [-0.2, 0) is 9.59 Å². The molecule has 2 saturated carbocycles. The van der Waals surface area contributed by atoms with Crippen molar-refractivity contribution >= 4 is 11.7 Å². The second kappa shape index (κ2) is 6.28. The van der Waals surface area contributed by atoms with Crippen LogP contribution in [0.3, 0.4) is 0 Å². The van der Waals surface area contributed by atoms with E-state index in [9.17, 15) is 9.59 Å². The number of hydrogen-bond donors (Lipinski definition) is 0. The van der Waals surface area contributed by atoms with Crippen molar-refractivity contribution in [3.05, 3.63) is 0 Å². The molecular formula is C17H27NO2. The van der Waals surface area contributed by atoms with E-state index in [-0.39, 0.29) is 0 Å². The average molecular weight is 277 g/mol. The number of hydrogen-bond acceptors (Lipinski definition) is 2. The Balaban J connectivity index is 1.47. The number of carbonyl (C=O) groups excluding carboxylic acids is 2. The SMILES string of the molecule is O=C1CCC(CC(=O)N2CCCC(C3CCC3)CC2)C1. The molecule has 0 bridgehead atoms. The minimum atomic E-state index is 0.305. The van der Waals surface area contributed by atoms with Gasteiger partial charge in [0, 0.05) is 32.4 Å². The fourth-order valence-electron chi connectivity index (χ4n) is 4.20. The quantitative estimate of drug-likeness (QED) is 0.794. The van der Waals surface area contributed by atoms with E-state index in [2.05, 4.69) is 4.90 Å². The zero-order chi connectivity index (χ0) is 13.9. The van der Waals surface area contributed by atoms with Gasteiger partial charge < -0.3 is 4.90 Å². The minimum Gasteiger partial charge on any atom is -0.343 e. The number of rotatable bonds is 3. The van der Waals surface area contributed by atoms with Crippen LogP contribution in [0.1, 0.15) is 64.2 Å². The number of ketones is 1. The molecule has 2 aliphatic carbocycles. The number of Topliss-reactive ketones (excluding diaryl/α,β-unsaturated/α-hetero) is 1. The van der Waals surface area contributed by atoms with Crippen molar-refractivity contribution in [3.63, 3.8) is 0 Å². The summed E-state index contributed by atoms with van der Waals surface area (Å²) in [6.07, 6.45) is 10.8. The predicted octanol–water partition coefficient (Wildman–Crippen LogP) is 3.17. The molecule has 112 valence electrons. The number of likely N-dealkylation sites (tertiary alicyclic amines) is 1. The monoisotopic (exact) mass is 277 g/mol. The lowest BCUT2D eigenvalue weighted by atomic mass is 9.73. The summed E-state index contributed by atoms with van der Waals surface area (Å²) < 4.78 is 0. The summed E-state index contributed by atoms with van der Waals surface area (Å²) in [6.45, 7) is 1.91. The normalized spacial score (nSPS) is 32.0. The van der Waals surface area contributed by atoms with Gasteiger partial charge in [-0.15, -0.1) is 0 Å². The van der Waals surface area contributed by atoms with Gasteiger partial charge in [0.25, 0.3) is 0 Å². The molecule has 2 atom stereocenters. The molecular weight excluding hydrogens is 250 g/mol. The van der Waals surface area contributed by atoms with E-state index in [0.29, 0.717) is 36.9 Å². The van der Waals surface area contributed by atoms with Gasteiger partial charge in [-0.3, -0.25) is 9.59 Å². The Morgan fingerprint density at radius 3 is 2.40 bits per heavy atom. The van der Waals surface area contributed by atoms with Gasteiger partial charge in [0.2, 0.25) is 5.91 Å². The standard InChI is InChI=1S/C17H27NO2/c19-16-7-6-13(11-16)12-17(20)18-9-2-5-15(8-10-18)14-3-1-4-14/h13-15H,1-12H2. The van der Waals surface area contributed by atoms with Crippen molar-refractivity contribution < 1.29 is 9.59 Å². The number of nitrogens with zero attached hydrogens (tertiary/aromatic N) is 1. The maximum atomic E-state index is 12.4. The van der Waals surface area contributed by atoms with E-state index < -0.39 is 0 Å². The highest BCUT2D eigenvalue weighted by Crippen LogP contribution is 2.38. The Morgan fingerprint density at radius 2 is 1.75 bits per heavy atom. The lowest BCUT2D eigenvalue weighted by Crippen LogP contribution is -2.33. The summed E-state index contributed by atoms with van der Waals surface area (Å²) in [7, 11) is 0. The van der Waals surface area contributed by atoms with Gasteiger partial charge in [0.15, 0.2) is 0 Å². The molecule has 0 N–H and O–H groups in total. The fourth-order valence-corrected chi connectivity index (χ4v) is 4.20. The van der Waals surface area contributed by atoms with Crippen LogP contribution in [0.5, 0.6) is 0 Å². The number of amides is 1. The zero-order valence-electron chi connectivity index (χ0n) is 12.5. The van der Waals surface area contributed by atoms with E-state index >= 15 is 0 Å². The molecule has 1 saturated heterocycles. The Hall–Kier alpha value is -0.860. The van der Waals surface area contributed by atoms with Crippen molar-refractivity contribution in [1.82, 2.24) is 4.90 Å². The summed E-state index contributed by atoms with van der Waals surface area (Å²) in [4.78, 5) is 25.8. The third-order valence-corrected chi connectivity index (χ3v) is 5.75. The van der Waals surface area contributed by atoms with Crippen molar-refractivity contribution in [2.45, 2.75) is 64.2 Å².